The van der Waals surface area contributed by atoms with Crippen molar-refractivity contribution >= 4 is 17.6 Å². The highest BCUT2D eigenvalue weighted by Crippen LogP contribution is 2.17. The van der Waals surface area contributed by atoms with Crippen molar-refractivity contribution in [3.05, 3.63) is 35.9 Å². The second-order valence-corrected chi connectivity index (χ2v) is 4.09. The van der Waals surface area contributed by atoms with E-state index in [1.807, 2.05) is 14.1 Å². The van der Waals surface area contributed by atoms with Crippen molar-refractivity contribution in [2.45, 2.75) is 6.92 Å². The number of benzene rings is 1. The zero-order valence-corrected chi connectivity index (χ0v) is 10.5. The lowest BCUT2D eigenvalue weighted by Gasteiger charge is -2.11. The van der Waals surface area contributed by atoms with E-state index >= 15 is 0 Å². The second kappa shape index (κ2) is 4.95. The summed E-state index contributed by atoms with van der Waals surface area (Å²) in [6, 6.07) is 4.75. The smallest absolute Gasteiger partial charge is 0.231 e. The van der Waals surface area contributed by atoms with E-state index in [1.165, 1.54) is 12.4 Å². The van der Waals surface area contributed by atoms with Gasteiger partial charge < -0.3 is 10.2 Å². The van der Waals surface area contributed by atoms with Gasteiger partial charge in [-0.25, -0.2) is 14.4 Å². The highest BCUT2D eigenvalue weighted by molar-refractivity contribution is 5.55. The molecule has 1 N–H and O–H groups in total. The molecule has 0 atom stereocenters. The Kier molecular flexibility index (Phi) is 3.36. The summed E-state index contributed by atoms with van der Waals surface area (Å²) in [5.74, 6) is 0.760. The number of halogens is 1. The number of aromatic nitrogens is 3. The highest BCUT2D eigenvalue weighted by Gasteiger charge is 2.04. The summed E-state index contributed by atoms with van der Waals surface area (Å²) < 4.78 is 13.1. The molecule has 2 rings (SSSR count). The minimum atomic E-state index is -0.231. The molecule has 0 fully saturated rings. The fourth-order valence-corrected chi connectivity index (χ4v) is 1.41. The van der Waals surface area contributed by atoms with Gasteiger partial charge in [-0.2, -0.15) is 4.98 Å². The monoisotopic (exact) mass is 247 g/mol. The van der Waals surface area contributed by atoms with Crippen molar-refractivity contribution in [2.24, 2.45) is 0 Å². The molecule has 2 aromatic rings. The molecule has 94 valence electrons. The third-order valence-corrected chi connectivity index (χ3v) is 2.37. The minimum Gasteiger partial charge on any atom is -0.347 e. The number of hydrogen-bond donors (Lipinski definition) is 1. The Morgan fingerprint density at radius 3 is 2.67 bits per heavy atom. The van der Waals surface area contributed by atoms with Gasteiger partial charge >= 0.3 is 0 Å². The van der Waals surface area contributed by atoms with Crippen LogP contribution in [-0.2, 0) is 0 Å². The van der Waals surface area contributed by atoms with E-state index in [1.54, 1.807) is 24.0 Å². The molecule has 0 unspecified atom stereocenters. The topological polar surface area (TPSA) is 53.9 Å². The first-order chi connectivity index (χ1) is 8.56. The number of aryl methyl sites for hydroxylation is 1. The normalized spacial score (nSPS) is 10.2. The van der Waals surface area contributed by atoms with Crippen LogP contribution >= 0.6 is 0 Å². The van der Waals surface area contributed by atoms with Crippen molar-refractivity contribution in [1.29, 1.82) is 0 Å². The molecule has 0 radical (unpaired) electrons. The van der Waals surface area contributed by atoms with Crippen LogP contribution in [0.1, 0.15) is 5.56 Å². The molecule has 1 heterocycles. The molecule has 18 heavy (non-hydrogen) atoms. The van der Waals surface area contributed by atoms with Crippen LogP contribution in [0.2, 0.25) is 0 Å². The summed E-state index contributed by atoms with van der Waals surface area (Å²) in [6.07, 6.45) is 1.43. The number of nitrogens with one attached hydrogen (secondary N) is 1. The number of hydrogen-bond acceptors (Lipinski definition) is 5. The van der Waals surface area contributed by atoms with E-state index in [-0.39, 0.29) is 5.82 Å². The maximum Gasteiger partial charge on any atom is 0.231 e. The molecule has 6 heteroatoms. The Morgan fingerprint density at radius 1 is 1.22 bits per heavy atom. The first-order valence-corrected chi connectivity index (χ1v) is 5.46. The van der Waals surface area contributed by atoms with E-state index in [9.17, 15) is 4.39 Å². The van der Waals surface area contributed by atoms with Crippen LogP contribution in [0.5, 0.6) is 0 Å². The van der Waals surface area contributed by atoms with Crippen LogP contribution in [0.15, 0.2) is 24.5 Å². The largest absolute Gasteiger partial charge is 0.347 e. The van der Waals surface area contributed by atoms with Gasteiger partial charge in [0, 0.05) is 19.8 Å². The van der Waals surface area contributed by atoms with Crippen molar-refractivity contribution < 1.29 is 4.39 Å². The van der Waals surface area contributed by atoms with Gasteiger partial charge in [0.25, 0.3) is 0 Å². The average molecular weight is 247 g/mol. The Balaban J connectivity index is 2.23. The minimum absolute atomic E-state index is 0.231. The molecule has 1 aromatic heterocycles. The third-order valence-electron chi connectivity index (χ3n) is 2.37. The molecule has 0 aliphatic carbocycles. The fourth-order valence-electron chi connectivity index (χ4n) is 1.41. The third kappa shape index (κ3) is 2.71. The van der Waals surface area contributed by atoms with Crippen molar-refractivity contribution in [3.63, 3.8) is 0 Å². The molecule has 0 aliphatic rings. The van der Waals surface area contributed by atoms with Gasteiger partial charge in [0.05, 0.1) is 0 Å². The lowest BCUT2D eigenvalue weighted by Crippen LogP contribution is -2.13. The van der Waals surface area contributed by atoms with Gasteiger partial charge in [0.1, 0.15) is 12.1 Å². The lowest BCUT2D eigenvalue weighted by atomic mass is 10.2. The Bertz CT molecular complexity index is 556. The maximum absolute atomic E-state index is 13.1. The molecule has 1 aromatic carbocycles. The van der Waals surface area contributed by atoms with Gasteiger partial charge in [-0.05, 0) is 30.7 Å². The van der Waals surface area contributed by atoms with Crippen molar-refractivity contribution in [3.8, 4) is 0 Å². The number of nitrogens with zero attached hydrogens (tertiary/aromatic N) is 4. The summed E-state index contributed by atoms with van der Waals surface area (Å²) in [7, 11) is 3.70. The van der Waals surface area contributed by atoms with E-state index in [4.69, 9.17) is 0 Å². The van der Waals surface area contributed by atoms with E-state index in [0.717, 1.165) is 5.69 Å². The SMILES string of the molecule is Cc1cc(Nc2ncnc(N(C)C)n2)ccc1F. The molecule has 0 amide bonds. The number of anilines is 3. The van der Waals surface area contributed by atoms with Gasteiger partial charge in [-0.1, -0.05) is 0 Å². The Hall–Kier alpha value is -2.24. The Labute approximate surface area is 105 Å². The van der Waals surface area contributed by atoms with Crippen LogP contribution in [0.4, 0.5) is 22.0 Å². The summed E-state index contributed by atoms with van der Waals surface area (Å²) in [5.41, 5.74) is 1.31. The first-order valence-electron chi connectivity index (χ1n) is 5.46. The fraction of sp³-hybridized carbons (Fsp3) is 0.250. The first kappa shape index (κ1) is 12.2. The predicted molar refractivity (Wildman–Crippen MR) is 68.6 cm³/mol. The summed E-state index contributed by atoms with van der Waals surface area (Å²) in [6.45, 7) is 1.71. The average Bonchev–Trinajstić information content (AvgIpc) is 2.34. The van der Waals surface area contributed by atoms with Gasteiger partial charge in [-0.3, -0.25) is 0 Å². The zero-order valence-electron chi connectivity index (χ0n) is 10.5. The molecule has 0 saturated heterocycles. The zero-order chi connectivity index (χ0) is 13.1. The molecule has 5 nitrogen and oxygen atoms in total. The van der Waals surface area contributed by atoms with Crippen LogP contribution in [-0.4, -0.2) is 29.0 Å². The molecular formula is C12H14FN5. The van der Waals surface area contributed by atoms with Crippen LogP contribution in [0, 0.1) is 12.7 Å². The standard InChI is InChI=1S/C12H14FN5/c1-8-6-9(4-5-10(8)13)16-11-14-7-15-12(17-11)18(2)3/h4-7H,1-3H3,(H,14,15,16,17). The van der Waals surface area contributed by atoms with E-state index < -0.39 is 0 Å². The molecule has 0 spiro atoms. The van der Waals surface area contributed by atoms with Crippen molar-refractivity contribution in [2.75, 3.05) is 24.3 Å². The molecular weight excluding hydrogens is 233 g/mol. The van der Waals surface area contributed by atoms with Crippen molar-refractivity contribution in [1.82, 2.24) is 15.0 Å². The van der Waals surface area contributed by atoms with E-state index in [0.29, 0.717) is 17.5 Å². The molecule has 0 aliphatic heterocycles. The van der Waals surface area contributed by atoms with Crippen LogP contribution < -0.4 is 10.2 Å². The van der Waals surface area contributed by atoms with Gasteiger partial charge in [0.15, 0.2) is 0 Å². The molecule has 0 saturated carbocycles. The van der Waals surface area contributed by atoms with Crippen LogP contribution in [0.25, 0.3) is 0 Å². The summed E-state index contributed by atoms with van der Waals surface area (Å²) in [5, 5.41) is 3.01. The van der Waals surface area contributed by atoms with Crippen LogP contribution in [0.3, 0.4) is 0 Å². The predicted octanol–water partition coefficient (Wildman–Crippen LogP) is 2.13. The lowest BCUT2D eigenvalue weighted by molar-refractivity contribution is 0.619. The van der Waals surface area contributed by atoms with Gasteiger partial charge in [-0.15, -0.1) is 0 Å². The summed E-state index contributed by atoms with van der Waals surface area (Å²) in [4.78, 5) is 14.0. The van der Waals surface area contributed by atoms with Gasteiger partial charge in [0.2, 0.25) is 11.9 Å². The number of rotatable bonds is 3. The quantitative estimate of drug-likeness (QED) is 0.900. The summed E-state index contributed by atoms with van der Waals surface area (Å²) >= 11 is 0. The molecule has 0 bridgehead atoms. The maximum atomic E-state index is 13.1. The van der Waals surface area contributed by atoms with E-state index in [2.05, 4.69) is 20.3 Å². The highest BCUT2D eigenvalue weighted by atomic mass is 19.1. The second-order valence-electron chi connectivity index (χ2n) is 4.09. The Morgan fingerprint density at radius 2 is 2.00 bits per heavy atom.